The third-order valence-corrected chi connectivity index (χ3v) is 4.00. The smallest absolute Gasteiger partial charge is 0.123 e. The number of benzene rings is 1. The molecule has 1 aliphatic heterocycles. The van der Waals surface area contributed by atoms with Crippen LogP contribution in [0.1, 0.15) is 38.8 Å². The highest BCUT2D eigenvalue weighted by molar-refractivity contribution is 8.00. The van der Waals surface area contributed by atoms with E-state index >= 15 is 0 Å². The van der Waals surface area contributed by atoms with Gasteiger partial charge in [-0.25, -0.2) is 4.39 Å². The molecule has 0 radical (unpaired) electrons. The Bertz CT molecular complexity index is 378. The van der Waals surface area contributed by atoms with Crippen LogP contribution >= 0.6 is 11.8 Å². The maximum Gasteiger partial charge on any atom is 0.123 e. The van der Waals surface area contributed by atoms with E-state index in [2.05, 4.69) is 26.1 Å². The number of fused-ring (bicyclic) bond motifs is 1. The SMILES string of the molecule is CC(C)NC1CC(C)Sc2ccc(F)cc21. The summed E-state index contributed by atoms with van der Waals surface area (Å²) in [4.78, 5) is 1.22. The van der Waals surface area contributed by atoms with Crippen molar-refractivity contribution < 1.29 is 4.39 Å². The van der Waals surface area contributed by atoms with Crippen molar-refractivity contribution in [1.82, 2.24) is 5.32 Å². The van der Waals surface area contributed by atoms with E-state index in [1.54, 1.807) is 12.1 Å². The number of nitrogens with one attached hydrogen (secondary N) is 1. The van der Waals surface area contributed by atoms with Gasteiger partial charge in [-0.1, -0.05) is 20.8 Å². The average molecular weight is 239 g/mol. The van der Waals surface area contributed by atoms with Crippen LogP contribution in [-0.4, -0.2) is 11.3 Å². The Morgan fingerprint density at radius 2 is 2.19 bits per heavy atom. The van der Waals surface area contributed by atoms with Gasteiger partial charge in [0.05, 0.1) is 0 Å². The number of hydrogen-bond donors (Lipinski definition) is 1. The Kier molecular flexibility index (Phi) is 3.55. The van der Waals surface area contributed by atoms with E-state index in [9.17, 15) is 4.39 Å². The van der Waals surface area contributed by atoms with Crippen LogP contribution in [0.15, 0.2) is 23.1 Å². The van der Waals surface area contributed by atoms with E-state index in [-0.39, 0.29) is 5.82 Å². The van der Waals surface area contributed by atoms with Gasteiger partial charge in [0.2, 0.25) is 0 Å². The van der Waals surface area contributed by atoms with E-state index in [0.717, 1.165) is 12.0 Å². The summed E-state index contributed by atoms with van der Waals surface area (Å²) in [5, 5.41) is 4.11. The molecule has 0 fully saturated rings. The quantitative estimate of drug-likeness (QED) is 0.843. The monoisotopic (exact) mass is 239 g/mol. The Hall–Kier alpha value is -0.540. The molecule has 1 nitrogen and oxygen atoms in total. The molecule has 0 aliphatic carbocycles. The average Bonchev–Trinajstić information content (AvgIpc) is 2.18. The third kappa shape index (κ3) is 2.58. The molecule has 2 rings (SSSR count). The van der Waals surface area contributed by atoms with Crippen molar-refractivity contribution in [1.29, 1.82) is 0 Å². The Morgan fingerprint density at radius 3 is 2.88 bits per heavy atom. The van der Waals surface area contributed by atoms with Gasteiger partial charge in [0.1, 0.15) is 5.82 Å². The van der Waals surface area contributed by atoms with Gasteiger partial charge in [0.15, 0.2) is 0 Å². The molecule has 88 valence electrons. The van der Waals surface area contributed by atoms with E-state index in [0.29, 0.717) is 17.3 Å². The highest BCUT2D eigenvalue weighted by atomic mass is 32.2. The second-order valence-electron chi connectivity index (χ2n) is 4.72. The van der Waals surface area contributed by atoms with Crippen molar-refractivity contribution in [3.63, 3.8) is 0 Å². The fraction of sp³-hybridized carbons (Fsp3) is 0.538. The van der Waals surface area contributed by atoms with Crippen LogP contribution < -0.4 is 5.32 Å². The number of rotatable bonds is 2. The second kappa shape index (κ2) is 4.76. The summed E-state index contributed by atoms with van der Waals surface area (Å²) >= 11 is 1.84. The molecule has 1 aromatic rings. The lowest BCUT2D eigenvalue weighted by Crippen LogP contribution is -2.32. The van der Waals surface area contributed by atoms with Gasteiger partial charge in [0.25, 0.3) is 0 Å². The molecule has 16 heavy (non-hydrogen) atoms. The summed E-state index contributed by atoms with van der Waals surface area (Å²) in [6.45, 7) is 6.49. The molecule has 0 saturated carbocycles. The second-order valence-corrected chi connectivity index (χ2v) is 6.20. The molecule has 0 saturated heterocycles. The van der Waals surface area contributed by atoms with Crippen LogP contribution in [0.5, 0.6) is 0 Å². The highest BCUT2D eigenvalue weighted by Crippen LogP contribution is 2.40. The lowest BCUT2D eigenvalue weighted by atomic mass is 10.0. The lowest BCUT2D eigenvalue weighted by Gasteiger charge is -2.31. The zero-order valence-corrected chi connectivity index (χ0v) is 10.8. The molecule has 3 heteroatoms. The molecule has 1 N–H and O–H groups in total. The zero-order valence-electron chi connectivity index (χ0n) is 9.96. The molecular formula is C13H18FNS. The molecule has 0 amide bonds. The molecule has 2 atom stereocenters. The molecule has 0 spiro atoms. The molecule has 2 unspecified atom stereocenters. The molecule has 1 heterocycles. The van der Waals surface area contributed by atoms with Crippen molar-refractivity contribution in [3.05, 3.63) is 29.6 Å². The van der Waals surface area contributed by atoms with Gasteiger partial charge < -0.3 is 5.32 Å². The van der Waals surface area contributed by atoms with Gasteiger partial charge in [0, 0.05) is 22.2 Å². The van der Waals surface area contributed by atoms with Gasteiger partial charge >= 0.3 is 0 Å². The van der Waals surface area contributed by atoms with Crippen molar-refractivity contribution in [2.24, 2.45) is 0 Å². The van der Waals surface area contributed by atoms with Gasteiger partial charge in [-0.15, -0.1) is 11.8 Å². The Morgan fingerprint density at radius 1 is 1.44 bits per heavy atom. The van der Waals surface area contributed by atoms with Crippen molar-refractivity contribution >= 4 is 11.8 Å². The maximum absolute atomic E-state index is 13.3. The largest absolute Gasteiger partial charge is 0.308 e. The van der Waals surface area contributed by atoms with Crippen LogP contribution in [-0.2, 0) is 0 Å². The third-order valence-electron chi connectivity index (χ3n) is 2.78. The minimum atomic E-state index is -0.135. The first-order chi connectivity index (χ1) is 7.56. The van der Waals surface area contributed by atoms with Crippen molar-refractivity contribution in [3.8, 4) is 0 Å². The zero-order chi connectivity index (χ0) is 11.7. The predicted molar refractivity (Wildman–Crippen MR) is 67.3 cm³/mol. The number of hydrogen-bond acceptors (Lipinski definition) is 2. The van der Waals surface area contributed by atoms with E-state index in [1.165, 1.54) is 4.90 Å². The topological polar surface area (TPSA) is 12.0 Å². The van der Waals surface area contributed by atoms with Crippen LogP contribution in [0.4, 0.5) is 4.39 Å². The fourth-order valence-electron chi connectivity index (χ4n) is 2.18. The normalized spacial score (nSPS) is 24.6. The van der Waals surface area contributed by atoms with Gasteiger partial charge in [-0.3, -0.25) is 0 Å². The summed E-state index contributed by atoms with van der Waals surface area (Å²) in [5.41, 5.74) is 1.12. The van der Waals surface area contributed by atoms with Crippen LogP contribution in [0.2, 0.25) is 0 Å². The first-order valence-corrected chi connectivity index (χ1v) is 6.66. The first-order valence-electron chi connectivity index (χ1n) is 5.78. The molecule has 1 aliphatic rings. The standard InChI is InChI=1S/C13H18FNS/c1-8(2)15-12-6-9(3)16-13-5-4-10(14)7-11(12)13/h4-5,7-9,12,15H,6H2,1-3H3. The van der Waals surface area contributed by atoms with Gasteiger partial charge in [-0.2, -0.15) is 0 Å². The molecular weight excluding hydrogens is 221 g/mol. The van der Waals surface area contributed by atoms with Gasteiger partial charge in [-0.05, 0) is 30.2 Å². The van der Waals surface area contributed by atoms with E-state index < -0.39 is 0 Å². The first kappa shape index (κ1) is 11.9. The summed E-state index contributed by atoms with van der Waals surface area (Å²) in [5.74, 6) is -0.135. The van der Waals surface area contributed by atoms with Crippen molar-refractivity contribution in [2.75, 3.05) is 0 Å². The molecule has 0 aromatic heterocycles. The summed E-state index contributed by atoms with van der Waals surface area (Å²) in [6.07, 6.45) is 1.07. The van der Waals surface area contributed by atoms with Crippen molar-refractivity contribution in [2.45, 2.75) is 49.4 Å². The van der Waals surface area contributed by atoms with E-state index in [1.807, 2.05) is 17.8 Å². The maximum atomic E-state index is 13.3. The van der Waals surface area contributed by atoms with E-state index in [4.69, 9.17) is 0 Å². The minimum Gasteiger partial charge on any atom is -0.308 e. The predicted octanol–water partition coefficient (Wildman–Crippen LogP) is 3.75. The lowest BCUT2D eigenvalue weighted by molar-refractivity contribution is 0.439. The molecule has 0 bridgehead atoms. The Balaban J connectivity index is 2.31. The highest BCUT2D eigenvalue weighted by Gasteiger charge is 2.25. The van der Waals surface area contributed by atoms with Crippen LogP contribution in [0.3, 0.4) is 0 Å². The fourth-order valence-corrected chi connectivity index (χ4v) is 3.39. The Labute approximate surface area is 101 Å². The minimum absolute atomic E-state index is 0.135. The number of thioether (sulfide) groups is 1. The summed E-state index contributed by atoms with van der Waals surface area (Å²) in [7, 11) is 0. The number of halogens is 1. The van der Waals surface area contributed by atoms with Crippen LogP contribution in [0.25, 0.3) is 0 Å². The summed E-state index contributed by atoms with van der Waals surface area (Å²) in [6, 6.07) is 5.85. The molecule has 1 aromatic carbocycles. The van der Waals surface area contributed by atoms with Crippen LogP contribution in [0, 0.1) is 5.82 Å². The summed E-state index contributed by atoms with van der Waals surface area (Å²) < 4.78 is 13.3.